The largest absolute Gasteiger partial charge is 0.393 e. The molecule has 6 nitrogen and oxygen atoms in total. The molecular formula is C33H59NO5. The lowest BCUT2D eigenvalue weighted by Gasteiger charge is -2.60. The molecule has 0 aromatic carbocycles. The van der Waals surface area contributed by atoms with Gasteiger partial charge in [0.25, 0.3) is 0 Å². The first-order chi connectivity index (χ1) is 18.5. The topological polar surface area (TPSA) is 98.1 Å². The molecule has 0 spiro atoms. The molecule has 0 unspecified atom stereocenters. The molecule has 0 saturated heterocycles. The van der Waals surface area contributed by atoms with E-state index in [9.17, 15) is 24.9 Å². The highest BCUT2D eigenvalue weighted by atomic mass is 16.3. The summed E-state index contributed by atoms with van der Waals surface area (Å²) < 4.78 is 0. The van der Waals surface area contributed by atoms with Gasteiger partial charge >= 0.3 is 0 Å². The molecule has 0 heterocycles. The Hall–Kier alpha value is -0.820. The number of rotatable bonds is 11. The molecule has 0 aromatic heterocycles. The van der Waals surface area contributed by atoms with Gasteiger partial charge < -0.3 is 20.2 Å². The van der Waals surface area contributed by atoms with Crippen LogP contribution >= 0.6 is 0 Å². The SMILES string of the molecule is CCCCN(CCCC)CCCC.C[C@]12CC[C@@H](O)C[C@H]1CC[C@@H]1[C@@H]2C(=O)C[C@@]2(C)[C@H]1CC[C@]2(O)C(=O)CO. The Balaban J connectivity index is 0.000000276. The maximum Gasteiger partial charge on any atom is 0.190 e. The second-order valence-electron chi connectivity index (χ2n) is 13.9. The molecule has 0 amide bonds. The Bertz CT molecular complexity index is 799. The van der Waals surface area contributed by atoms with Crippen LogP contribution < -0.4 is 0 Å². The highest BCUT2D eigenvalue weighted by Gasteiger charge is 2.68. The number of aliphatic hydroxyl groups excluding tert-OH is 2. The molecule has 4 aliphatic carbocycles. The molecule has 4 rings (SSSR count). The molecule has 4 fully saturated rings. The fourth-order valence-electron chi connectivity index (χ4n) is 9.12. The van der Waals surface area contributed by atoms with Crippen LogP contribution in [0.15, 0.2) is 0 Å². The van der Waals surface area contributed by atoms with Gasteiger partial charge in [-0.15, -0.1) is 0 Å². The van der Waals surface area contributed by atoms with Crippen LogP contribution in [-0.2, 0) is 9.59 Å². The van der Waals surface area contributed by atoms with Crippen molar-refractivity contribution in [1.82, 2.24) is 4.90 Å². The summed E-state index contributed by atoms with van der Waals surface area (Å²) in [6.07, 6.45) is 13.6. The average molecular weight is 550 g/mol. The number of ketones is 2. The van der Waals surface area contributed by atoms with E-state index in [0.29, 0.717) is 12.3 Å². The number of nitrogens with zero attached hydrogens (tertiary/aromatic N) is 1. The van der Waals surface area contributed by atoms with Crippen molar-refractivity contribution in [2.45, 2.75) is 136 Å². The Morgan fingerprint density at radius 1 is 0.923 bits per heavy atom. The van der Waals surface area contributed by atoms with Gasteiger partial charge in [-0.1, -0.05) is 53.9 Å². The standard InChI is InChI=1S/C21H32O5.C12H27N/c1-19-7-5-13(23)9-12(19)3-4-14-15-6-8-21(26,17(25)11-22)20(15,2)10-16(24)18(14)19;1-4-7-10-13(11-8-5-2)12-9-6-3/h12-15,18,22-23,26H,3-11H2,1-2H3;4-12H2,1-3H3/t12-,13-,14+,15+,18-,19+,20+,21+;/m1./s1. The highest BCUT2D eigenvalue weighted by molar-refractivity contribution is 5.92. The van der Waals surface area contributed by atoms with Crippen molar-refractivity contribution in [1.29, 1.82) is 0 Å². The van der Waals surface area contributed by atoms with E-state index in [4.69, 9.17) is 0 Å². The lowest BCUT2D eigenvalue weighted by Crippen LogP contribution is -2.62. The number of fused-ring (bicyclic) bond motifs is 5. The minimum Gasteiger partial charge on any atom is -0.393 e. The third-order valence-electron chi connectivity index (χ3n) is 11.6. The first-order valence-corrected chi connectivity index (χ1v) is 16.3. The predicted molar refractivity (Wildman–Crippen MR) is 156 cm³/mol. The van der Waals surface area contributed by atoms with Gasteiger partial charge in [0.2, 0.25) is 0 Å². The van der Waals surface area contributed by atoms with Crippen molar-refractivity contribution in [3.05, 3.63) is 0 Å². The van der Waals surface area contributed by atoms with Gasteiger partial charge in [-0.05, 0) is 107 Å². The zero-order chi connectivity index (χ0) is 28.8. The van der Waals surface area contributed by atoms with Crippen molar-refractivity contribution >= 4 is 11.6 Å². The van der Waals surface area contributed by atoms with Crippen LogP contribution in [0.4, 0.5) is 0 Å². The van der Waals surface area contributed by atoms with Gasteiger partial charge in [-0.25, -0.2) is 0 Å². The van der Waals surface area contributed by atoms with Crippen LogP contribution in [-0.4, -0.2) is 69.7 Å². The van der Waals surface area contributed by atoms with Crippen LogP contribution in [0.3, 0.4) is 0 Å². The number of carbonyl (C=O) groups excluding carboxylic acids is 2. The van der Waals surface area contributed by atoms with E-state index < -0.39 is 23.4 Å². The van der Waals surface area contributed by atoms with Gasteiger partial charge in [-0.2, -0.15) is 0 Å². The van der Waals surface area contributed by atoms with Crippen LogP contribution in [0.1, 0.15) is 125 Å². The molecule has 3 N–H and O–H groups in total. The zero-order valence-electron chi connectivity index (χ0n) is 25.7. The number of aliphatic hydroxyl groups is 3. The van der Waals surface area contributed by atoms with Gasteiger partial charge in [-0.3, -0.25) is 9.59 Å². The second kappa shape index (κ2) is 13.9. The Labute approximate surface area is 238 Å². The van der Waals surface area contributed by atoms with Gasteiger partial charge in [0.05, 0.1) is 6.10 Å². The third-order valence-corrected chi connectivity index (χ3v) is 11.6. The average Bonchev–Trinajstić information content (AvgIpc) is 3.19. The molecule has 6 heteroatoms. The maximum absolute atomic E-state index is 13.4. The van der Waals surface area contributed by atoms with Crippen LogP contribution in [0.2, 0.25) is 0 Å². The number of Topliss-reactive ketones (excluding diaryl/α,β-unsaturated/α-hetero) is 2. The summed E-state index contributed by atoms with van der Waals surface area (Å²) in [4.78, 5) is 28.4. The van der Waals surface area contributed by atoms with Gasteiger partial charge in [0.1, 0.15) is 18.0 Å². The van der Waals surface area contributed by atoms with E-state index >= 15 is 0 Å². The molecule has 0 aliphatic heterocycles. The summed E-state index contributed by atoms with van der Waals surface area (Å²) in [6, 6.07) is 0. The molecule has 4 saturated carbocycles. The third kappa shape index (κ3) is 6.49. The van der Waals surface area contributed by atoms with E-state index in [1.165, 1.54) is 58.2 Å². The van der Waals surface area contributed by atoms with Crippen LogP contribution in [0, 0.1) is 34.5 Å². The molecule has 0 aromatic rings. The molecule has 39 heavy (non-hydrogen) atoms. The molecule has 8 atom stereocenters. The first kappa shape index (κ1) is 32.7. The zero-order valence-corrected chi connectivity index (χ0v) is 25.7. The van der Waals surface area contributed by atoms with Crippen molar-refractivity contribution in [3.8, 4) is 0 Å². The molecule has 0 radical (unpaired) electrons. The smallest absolute Gasteiger partial charge is 0.190 e. The van der Waals surface area contributed by atoms with Crippen LogP contribution in [0.5, 0.6) is 0 Å². The monoisotopic (exact) mass is 549 g/mol. The van der Waals surface area contributed by atoms with E-state index in [0.717, 1.165) is 38.5 Å². The minimum absolute atomic E-state index is 0.0154. The van der Waals surface area contributed by atoms with Crippen LogP contribution in [0.25, 0.3) is 0 Å². The summed E-state index contributed by atoms with van der Waals surface area (Å²) in [7, 11) is 0. The normalized spacial score (nSPS) is 39.4. The Morgan fingerprint density at radius 3 is 2.05 bits per heavy atom. The highest BCUT2D eigenvalue weighted by Crippen LogP contribution is 2.67. The Kier molecular flexibility index (Phi) is 11.6. The summed E-state index contributed by atoms with van der Waals surface area (Å²) in [5.74, 6) is 0.380. The summed E-state index contributed by atoms with van der Waals surface area (Å²) in [5, 5.41) is 30.6. The quantitative estimate of drug-likeness (QED) is 0.313. The van der Waals surface area contributed by atoms with E-state index in [1.807, 2.05) is 6.92 Å². The summed E-state index contributed by atoms with van der Waals surface area (Å²) in [5.41, 5.74) is -2.40. The summed E-state index contributed by atoms with van der Waals surface area (Å²) >= 11 is 0. The second-order valence-corrected chi connectivity index (χ2v) is 13.9. The van der Waals surface area contributed by atoms with E-state index in [-0.39, 0.29) is 41.5 Å². The van der Waals surface area contributed by atoms with E-state index in [1.54, 1.807) is 0 Å². The molecule has 0 bridgehead atoms. The maximum atomic E-state index is 13.4. The molecule has 226 valence electrons. The Morgan fingerprint density at radius 2 is 1.51 bits per heavy atom. The number of hydrogen-bond donors (Lipinski definition) is 3. The molecule has 4 aliphatic rings. The van der Waals surface area contributed by atoms with Crippen molar-refractivity contribution < 1.29 is 24.9 Å². The fraction of sp³-hybridized carbons (Fsp3) is 0.939. The lowest BCUT2D eigenvalue weighted by molar-refractivity contribution is -0.180. The van der Waals surface area contributed by atoms with Gasteiger partial charge in [0, 0.05) is 17.8 Å². The number of carbonyl (C=O) groups is 2. The predicted octanol–water partition coefficient (Wildman–Crippen LogP) is 5.55. The molecular weight excluding hydrogens is 490 g/mol. The number of hydrogen-bond acceptors (Lipinski definition) is 6. The van der Waals surface area contributed by atoms with Crippen molar-refractivity contribution in [2.75, 3.05) is 26.2 Å². The summed E-state index contributed by atoms with van der Waals surface area (Å²) in [6.45, 7) is 14.2. The number of unbranched alkanes of at least 4 members (excludes halogenated alkanes) is 3. The van der Waals surface area contributed by atoms with Crippen molar-refractivity contribution in [2.24, 2.45) is 34.5 Å². The van der Waals surface area contributed by atoms with Gasteiger partial charge in [0.15, 0.2) is 5.78 Å². The van der Waals surface area contributed by atoms with E-state index in [2.05, 4.69) is 32.6 Å². The van der Waals surface area contributed by atoms with Crippen molar-refractivity contribution in [3.63, 3.8) is 0 Å². The first-order valence-electron chi connectivity index (χ1n) is 16.3. The minimum atomic E-state index is -1.58. The fourth-order valence-corrected chi connectivity index (χ4v) is 9.12. The lowest BCUT2D eigenvalue weighted by atomic mass is 9.44.